The molecule has 0 saturated carbocycles. The minimum absolute atomic E-state index is 0.0701. The Hall–Kier alpha value is -2.65. The highest BCUT2D eigenvalue weighted by atomic mass is 32.2. The first-order chi connectivity index (χ1) is 12.6. The number of aliphatic hydroxyl groups is 1. The van der Waals surface area contributed by atoms with E-state index in [2.05, 4.69) is 5.10 Å². The van der Waals surface area contributed by atoms with Gasteiger partial charge in [0.15, 0.2) is 15.5 Å². The third kappa shape index (κ3) is 4.04. The van der Waals surface area contributed by atoms with Crippen LogP contribution >= 0.6 is 0 Å². The highest BCUT2D eigenvalue weighted by Gasteiger charge is 2.35. The monoisotopic (exact) mass is 396 g/mol. The molecule has 0 bridgehead atoms. The lowest BCUT2D eigenvalue weighted by Gasteiger charge is -2.09. The zero-order valence-corrected chi connectivity index (χ0v) is 14.9. The third-order valence-electron chi connectivity index (χ3n) is 3.94. The van der Waals surface area contributed by atoms with E-state index in [-0.39, 0.29) is 17.2 Å². The van der Waals surface area contributed by atoms with Crippen LogP contribution in [-0.4, -0.2) is 29.6 Å². The molecule has 2 aromatic carbocycles. The number of halogens is 3. The van der Waals surface area contributed by atoms with Crippen molar-refractivity contribution < 1.29 is 26.7 Å². The summed E-state index contributed by atoms with van der Waals surface area (Å²) in [4.78, 5) is 0.0701. The molecule has 0 aliphatic rings. The van der Waals surface area contributed by atoms with E-state index < -0.39 is 21.7 Å². The van der Waals surface area contributed by atoms with Crippen molar-refractivity contribution in [2.75, 3.05) is 6.26 Å². The molecule has 0 amide bonds. The van der Waals surface area contributed by atoms with Gasteiger partial charge < -0.3 is 5.11 Å². The maximum absolute atomic E-state index is 13.2. The standard InChI is InChI=1S/C18H15F3N2O3S/c1-27(25,26)15-8-4-13(5-9-15)16-10-17(18(19,20)21)22-23(16)14-6-2-12(11-24)3-7-14/h2-10,24H,11H2,1H3. The summed E-state index contributed by atoms with van der Waals surface area (Å²) >= 11 is 0. The number of rotatable bonds is 4. The predicted molar refractivity (Wildman–Crippen MR) is 93.0 cm³/mol. The lowest BCUT2D eigenvalue weighted by Crippen LogP contribution is -2.07. The molecule has 1 heterocycles. The number of alkyl halides is 3. The maximum atomic E-state index is 13.2. The zero-order valence-electron chi connectivity index (χ0n) is 14.1. The molecule has 0 spiro atoms. The van der Waals surface area contributed by atoms with Crippen LogP contribution in [0.15, 0.2) is 59.5 Å². The molecule has 0 aliphatic carbocycles. The normalized spacial score (nSPS) is 12.3. The van der Waals surface area contributed by atoms with Crippen LogP contribution in [0.1, 0.15) is 11.3 Å². The highest BCUT2D eigenvalue weighted by Crippen LogP contribution is 2.33. The van der Waals surface area contributed by atoms with Crippen molar-refractivity contribution in [3.05, 3.63) is 65.9 Å². The molecule has 27 heavy (non-hydrogen) atoms. The molecule has 0 atom stereocenters. The minimum Gasteiger partial charge on any atom is -0.392 e. The van der Waals surface area contributed by atoms with Crippen LogP contribution in [0.5, 0.6) is 0 Å². The van der Waals surface area contributed by atoms with Gasteiger partial charge in [0.25, 0.3) is 0 Å². The number of aliphatic hydroxyl groups excluding tert-OH is 1. The average molecular weight is 396 g/mol. The fourth-order valence-electron chi connectivity index (χ4n) is 2.54. The van der Waals surface area contributed by atoms with Gasteiger partial charge in [-0.3, -0.25) is 0 Å². The van der Waals surface area contributed by atoms with Crippen molar-refractivity contribution in [1.29, 1.82) is 0 Å². The molecule has 0 radical (unpaired) electrons. The summed E-state index contributed by atoms with van der Waals surface area (Å²) < 4.78 is 63.8. The Morgan fingerprint density at radius 3 is 2.11 bits per heavy atom. The second kappa shape index (κ2) is 6.82. The molecule has 3 rings (SSSR count). The Morgan fingerprint density at radius 2 is 1.63 bits per heavy atom. The minimum atomic E-state index is -4.63. The Morgan fingerprint density at radius 1 is 1.04 bits per heavy atom. The highest BCUT2D eigenvalue weighted by molar-refractivity contribution is 7.90. The van der Waals surface area contributed by atoms with Gasteiger partial charge in [-0.2, -0.15) is 18.3 Å². The fourth-order valence-corrected chi connectivity index (χ4v) is 3.17. The predicted octanol–water partition coefficient (Wildman–Crippen LogP) is 3.45. The van der Waals surface area contributed by atoms with E-state index in [9.17, 15) is 21.6 Å². The van der Waals surface area contributed by atoms with Gasteiger partial charge in [-0.25, -0.2) is 13.1 Å². The summed E-state index contributed by atoms with van der Waals surface area (Å²) in [6, 6.07) is 12.7. The topological polar surface area (TPSA) is 72.2 Å². The van der Waals surface area contributed by atoms with Gasteiger partial charge in [0.05, 0.1) is 22.9 Å². The van der Waals surface area contributed by atoms with Crippen molar-refractivity contribution in [1.82, 2.24) is 9.78 Å². The van der Waals surface area contributed by atoms with E-state index in [0.29, 0.717) is 16.8 Å². The van der Waals surface area contributed by atoms with Gasteiger partial charge in [-0.1, -0.05) is 24.3 Å². The number of benzene rings is 2. The number of nitrogens with zero attached hydrogens (tertiary/aromatic N) is 2. The maximum Gasteiger partial charge on any atom is 0.435 e. The van der Waals surface area contributed by atoms with Crippen LogP contribution in [0.2, 0.25) is 0 Å². The van der Waals surface area contributed by atoms with Crippen LogP contribution in [0.3, 0.4) is 0 Å². The van der Waals surface area contributed by atoms with Crippen LogP contribution in [-0.2, 0) is 22.6 Å². The molecule has 9 heteroatoms. The first kappa shape index (κ1) is 19.1. The van der Waals surface area contributed by atoms with Crippen molar-refractivity contribution in [2.45, 2.75) is 17.7 Å². The van der Waals surface area contributed by atoms with Crippen molar-refractivity contribution >= 4 is 9.84 Å². The molecular weight excluding hydrogens is 381 g/mol. The van der Waals surface area contributed by atoms with E-state index in [0.717, 1.165) is 17.0 Å². The van der Waals surface area contributed by atoms with Crippen molar-refractivity contribution in [3.63, 3.8) is 0 Å². The van der Waals surface area contributed by atoms with Gasteiger partial charge in [0.1, 0.15) is 0 Å². The van der Waals surface area contributed by atoms with Crippen LogP contribution in [0.25, 0.3) is 16.9 Å². The summed E-state index contributed by atoms with van der Waals surface area (Å²) in [5.41, 5.74) is 0.484. The number of aromatic nitrogens is 2. The quantitative estimate of drug-likeness (QED) is 0.733. The van der Waals surface area contributed by atoms with Gasteiger partial charge in [-0.05, 0) is 35.9 Å². The second-order valence-electron chi connectivity index (χ2n) is 5.95. The molecule has 0 aliphatic heterocycles. The molecule has 1 N–H and O–H groups in total. The molecule has 3 aromatic rings. The zero-order chi connectivity index (χ0) is 19.8. The fraction of sp³-hybridized carbons (Fsp3) is 0.167. The summed E-state index contributed by atoms with van der Waals surface area (Å²) in [5, 5.41) is 12.8. The molecular formula is C18H15F3N2O3S. The Balaban J connectivity index is 2.14. The smallest absolute Gasteiger partial charge is 0.392 e. The van der Waals surface area contributed by atoms with Crippen LogP contribution in [0, 0.1) is 0 Å². The van der Waals surface area contributed by atoms with E-state index in [1.165, 1.54) is 24.3 Å². The Labute approximate surface area is 153 Å². The van der Waals surface area contributed by atoms with Crippen LogP contribution in [0.4, 0.5) is 13.2 Å². The number of hydrogen-bond donors (Lipinski definition) is 1. The summed E-state index contributed by atoms with van der Waals surface area (Å²) in [6.07, 6.45) is -3.57. The molecule has 1 aromatic heterocycles. The Bertz CT molecular complexity index is 1050. The SMILES string of the molecule is CS(=O)(=O)c1ccc(-c2cc(C(F)(F)F)nn2-c2ccc(CO)cc2)cc1. The van der Waals surface area contributed by atoms with Crippen LogP contribution < -0.4 is 0 Å². The van der Waals surface area contributed by atoms with Crippen molar-refractivity contribution in [3.8, 4) is 16.9 Å². The second-order valence-corrected chi connectivity index (χ2v) is 7.96. The molecule has 0 unspecified atom stereocenters. The third-order valence-corrected chi connectivity index (χ3v) is 5.07. The van der Waals surface area contributed by atoms with Gasteiger partial charge >= 0.3 is 6.18 Å². The summed E-state index contributed by atoms with van der Waals surface area (Å²) in [6.45, 7) is -0.188. The largest absolute Gasteiger partial charge is 0.435 e. The lowest BCUT2D eigenvalue weighted by atomic mass is 10.1. The van der Waals surface area contributed by atoms with E-state index in [1.807, 2.05) is 0 Å². The number of hydrogen-bond acceptors (Lipinski definition) is 4. The molecule has 5 nitrogen and oxygen atoms in total. The summed E-state index contributed by atoms with van der Waals surface area (Å²) in [5.74, 6) is 0. The Kier molecular flexibility index (Phi) is 4.83. The summed E-state index contributed by atoms with van der Waals surface area (Å²) in [7, 11) is -3.42. The first-order valence-electron chi connectivity index (χ1n) is 7.77. The van der Waals surface area contributed by atoms with Gasteiger partial charge in [-0.15, -0.1) is 0 Å². The molecule has 0 saturated heterocycles. The van der Waals surface area contributed by atoms with E-state index in [4.69, 9.17) is 5.11 Å². The lowest BCUT2D eigenvalue weighted by molar-refractivity contribution is -0.141. The molecule has 0 fully saturated rings. The van der Waals surface area contributed by atoms with E-state index in [1.54, 1.807) is 24.3 Å². The first-order valence-corrected chi connectivity index (χ1v) is 9.66. The molecule has 142 valence electrons. The van der Waals surface area contributed by atoms with E-state index >= 15 is 0 Å². The van der Waals surface area contributed by atoms with Gasteiger partial charge in [0.2, 0.25) is 0 Å². The van der Waals surface area contributed by atoms with Crippen molar-refractivity contribution in [2.24, 2.45) is 0 Å². The average Bonchev–Trinajstić information content (AvgIpc) is 3.07. The van der Waals surface area contributed by atoms with Gasteiger partial charge in [0, 0.05) is 11.8 Å². The number of sulfone groups is 1.